The van der Waals surface area contributed by atoms with Gasteiger partial charge < -0.3 is 81.8 Å². The number of carbonyl (C=O) groups excluding carboxylic acids is 10. The molecule has 7 aromatic carbocycles. The first-order chi connectivity index (χ1) is 53.6. The Morgan fingerprint density at radius 2 is 0.911 bits per heavy atom. The van der Waals surface area contributed by atoms with Gasteiger partial charge in [0.1, 0.15) is 11.5 Å². The van der Waals surface area contributed by atoms with Crippen molar-refractivity contribution in [1.82, 2.24) is 24.9 Å². The Bertz CT molecular complexity index is 4780. The van der Waals surface area contributed by atoms with E-state index in [2.05, 4.69) is 132 Å². The predicted molar refractivity (Wildman–Crippen MR) is 422 cm³/mol. The molecule has 1 aliphatic rings. The van der Waals surface area contributed by atoms with E-state index in [0.29, 0.717) is 22.6 Å². The quantitative estimate of drug-likeness (QED) is 0.0322. The molecule has 1 aliphatic carbocycles. The molecule has 0 bridgehead atoms. The van der Waals surface area contributed by atoms with Crippen molar-refractivity contribution in [2.75, 3.05) is 0 Å². The summed E-state index contributed by atoms with van der Waals surface area (Å²) in [7, 11) is 0. The molecule has 0 unspecified atom stereocenters. The van der Waals surface area contributed by atoms with Gasteiger partial charge in [-0.15, -0.1) is 5.56 Å². The molecule has 0 fully saturated rings. The minimum atomic E-state index is -1.23. The van der Waals surface area contributed by atoms with Crippen molar-refractivity contribution in [3.8, 4) is 11.1 Å². The van der Waals surface area contributed by atoms with Crippen LogP contribution >= 0.6 is 0 Å². The van der Waals surface area contributed by atoms with Gasteiger partial charge in [0.25, 0.3) is 0 Å². The molecule has 22 nitrogen and oxygen atoms in total. The van der Waals surface area contributed by atoms with Crippen LogP contribution in [0.5, 0.6) is 0 Å². The average Bonchev–Trinajstić information content (AvgIpc) is 1.56. The van der Waals surface area contributed by atoms with Crippen molar-refractivity contribution in [3.63, 3.8) is 0 Å². The summed E-state index contributed by atoms with van der Waals surface area (Å²) in [6.45, 7) is 30.6. The number of pyridine rings is 1. The summed E-state index contributed by atoms with van der Waals surface area (Å²) in [5, 5.41) is 63.0. The van der Waals surface area contributed by atoms with Crippen LogP contribution in [-0.4, -0.2) is 78.5 Å². The largest absolute Gasteiger partial charge is 1.00 e. The molecule has 10 aromatic rings. The Hall–Kier alpha value is 5.33. The normalized spacial score (nSPS) is 9.85. The molecule has 0 saturated heterocycles. The van der Waals surface area contributed by atoms with Crippen LogP contribution in [0.25, 0.3) is 22.2 Å². The number of imidazole rings is 2. The smallest absolute Gasteiger partial charge is 0.870 e. The van der Waals surface area contributed by atoms with E-state index in [1.165, 1.54) is 120 Å². The van der Waals surface area contributed by atoms with Gasteiger partial charge in [0.2, 0.25) is 0 Å². The van der Waals surface area contributed by atoms with Gasteiger partial charge >= 0.3 is 593 Å². The molecule has 11 rings (SSSR count). The third kappa shape index (κ3) is 54.6. The van der Waals surface area contributed by atoms with Crippen LogP contribution in [0.1, 0.15) is 249 Å². The standard InChI is InChI=1S/C28H37O2.C19H24N.C10H10N2O2.2C9H10O2.C9H9O2.C6H8N2O2.2CO2.8Cs.Na.H2O/c1-4-5-6-10-17-28(18-11-8-7-9-12-27(29)30)25-19-21(2)13-15-23(25)24-16-14-22(3)20-26(24)28;1-16-9-10-17(2)19(15-16)8-6-4-3-5-7-18-11-13-20-14-12-18;1-5-3-7(10(13)14)6(2)9-8(5)11-4-12-9;1-6-3-4-8(9(10)11)5-7(6)2;2*1-6-3-4-7(2)8(5-6)9(10)11;1-3-5(6(9)10)8-4(2)7-3;2*2-1-3;;;;;;;;;;/h13-16,19-20H,1,4-12,17-18H2,2-3H3,(H,29,30);10-15H,3-8H2,1-2H3;3-4H,1-2H3,(H,11,12)(H,13,14);2*3-5H,1-2H3,(H,10,11);4-5H,1-2H3,(H,10,11);1-2H3,(H,7,8)(H,9,10);;;;;;;;;;;;1H2/q2*-1;;;;-1;;;;9*+1;/p-7. The molecular weight excluding hydrogens is 2530 g/mol. The van der Waals surface area contributed by atoms with E-state index in [4.69, 9.17) is 19.2 Å². The number of hydrogen-bond donors (Lipinski definition) is 2. The first-order valence-corrected chi connectivity index (χ1v) is 37.4. The predicted octanol–water partition coefficient (Wildman–Crippen LogP) is -15.3. The number of benzene rings is 7. The first kappa shape index (κ1) is 144. The van der Waals surface area contributed by atoms with Crippen LogP contribution < -0.4 is 611 Å². The third-order valence-electron chi connectivity index (χ3n) is 19.0. The van der Waals surface area contributed by atoms with Crippen molar-refractivity contribution in [1.29, 1.82) is 0 Å². The van der Waals surface area contributed by atoms with Gasteiger partial charge in [0.15, 0.2) is 0 Å². The number of fused-ring (bicyclic) bond motifs is 4. The maximum Gasteiger partial charge on any atom is 1.00 e. The summed E-state index contributed by atoms with van der Waals surface area (Å²) in [4.78, 5) is 113. The molecule has 3 aromatic heterocycles. The first-order valence-electron chi connectivity index (χ1n) is 37.4. The fourth-order valence-electron chi connectivity index (χ4n) is 12.9. The monoisotopic (exact) mass is 2640 g/mol. The van der Waals surface area contributed by atoms with Crippen molar-refractivity contribution in [2.45, 2.75) is 212 Å². The second-order valence-electron chi connectivity index (χ2n) is 27.9. The van der Waals surface area contributed by atoms with Gasteiger partial charge in [0, 0.05) is 46.6 Å². The maximum absolute atomic E-state index is 10.8. The number of aromatic carboxylic acids is 5. The molecule has 0 spiro atoms. The summed E-state index contributed by atoms with van der Waals surface area (Å²) < 4.78 is 0. The second-order valence-corrected chi connectivity index (χ2v) is 27.9. The molecule has 0 saturated carbocycles. The van der Waals surface area contributed by atoms with E-state index in [0.717, 1.165) is 82.9 Å². The fourth-order valence-corrected chi connectivity index (χ4v) is 12.9. The summed E-state index contributed by atoms with van der Waals surface area (Å²) in [5.74, 6) is -6.07. The van der Waals surface area contributed by atoms with Gasteiger partial charge in [0.05, 0.1) is 41.2 Å². The molecular formula is C92H103Cs8N5NaO17-. The number of nitrogens with one attached hydrogen (secondary N) is 2. The maximum atomic E-state index is 10.8. The number of carboxylic acids is 6. The number of hydrogen-bond acceptors (Lipinski definition) is 20. The number of rotatable bonds is 24. The van der Waals surface area contributed by atoms with Gasteiger partial charge in [-0.25, -0.2) is 9.97 Å². The van der Waals surface area contributed by atoms with Crippen molar-refractivity contribution >= 4 is 59.2 Å². The van der Waals surface area contributed by atoms with Gasteiger partial charge in [-0.2, -0.15) is 89.8 Å². The average molecular weight is 2640 g/mol. The summed E-state index contributed by atoms with van der Waals surface area (Å²) in [6, 6.07) is 43.8. The van der Waals surface area contributed by atoms with Crippen LogP contribution in [0.4, 0.5) is 0 Å². The number of aliphatic carboxylic acids is 1. The number of nitrogens with zero attached hydrogens (tertiary/aromatic N) is 3. The van der Waals surface area contributed by atoms with Crippen LogP contribution in [0, 0.1) is 116 Å². The molecule has 0 amide bonds. The molecule has 0 radical (unpaired) electrons. The molecule has 0 atom stereocenters. The molecule has 0 aliphatic heterocycles. The molecule has 608 valence electrons. The van der Waals surface area contributed by atoms with Crippen molar-refractivity contribution in [2.24, 2.45) is 0 Å². The molecule has 123 heavy (non-hydrogen) atoms. The van der Waals surface area contributed by atoms with Crippen LogP contribution in [0.15, 0.2) is 134 Å². The van der Waals surface area contributed by atoms with Crippen LogP contribution in [0.2, 0.25) is 0 Å². The minimum Gasteiger partial charge on any atom is -0.870 e. The minimum absolute atomic E-state index is 0. The summed E-state index contributed by atoms with van der Waals surface area (Å²) in [6.07, 6.45) is 24.5. The number of H-pyrrole nitrogens is 2. The van der Waals surface area contributed by atoms with E-state index >= 15 is 0 Å². The molecule has 31 heteroatoms. The Morgan fingerprint density at radius 3 is 1.36 bits per heavy atom. The molecule has 3 N–H and O–H groups in total. The number of aryl methyl sites for hydroxylation is 16. The number of carbonyl (C=O) groups is 6. The Morgan fingerprint density at radius 1 is 0.455 bits per heavy atom. The van der Waals surface area contributed by atoms with Gasteiger partial charge in [-0.1, -0.05) is 169 Å². The SMILES string of the molecule is Cc1[c-]cc(C)c(C(=O)[O-])c1.Cc1[c-]cc(C)c(CCCCCCc2ccncc2)c1.Cc1cc(C(=O)[O-])c(C)c2[nH]cnc12.Cc1ccc(C(=O)[O-])cc1C.Cc1ccc(C)c(C(=O)[O-])c1.Cc1nc(C(=O)[O-])c(C)[nH]1.O=C=O.O=C=O.[CH2-]CCCCCC1(CCCCCCC(=O)[O-])c2cc(C)ccc2-c2ccc(C)cc21.[Cs+].[Cs+].[Cs+].[Cs+].[Cs+].[Cs+].[Cs+].[Cs+].[Na+].[OH-]. The van der Waals surface area contributed by atoms with E-state index < -0.39 is 35.8 Å². The van der Waals surface area contributed by atoms with Gasteiger partial charge in [-0.3, -0.25) is 4.98 Å². The number of carboxylic acid groups (broad SMARTS) is 6. The zero-order valence-corrected chi connectivity index (χ0v) is 129. The molecule has 3 heterocycles. The van der Waals surface area contributed by atoms with Crippen LogP contribution in [0.3, 0.4) is 0 Å². The Balaban J connectivity index is -0.000000211. The van der Waals surface area contributed by atoms with Crippen LogP contribution in [-0.2, 0) is 42.2 Å². The van der Waals surface area contributed by atoms with Crippen molar-refractivity contribution in [3.05, 3.63) is 282 Å². The van der Waals surface area contributed by atoms with Gasteiger partial charge in [-0.05, 0) is 199 Å². The third-order valence-corrected chi connectivity index (χ3v) is 19.0. The summed E-state index contributed by atoms with van der Waals surface area (Å²) in [5.41, 5.74) is 24.0. The van der Waals surface area contributed by atoms with E-state index in [1.54, 1.807) is 96.4 Å². The van der Waals surface area contributed by atoms with E-state index in [-0.39, 0.29) is 638 Å². The van der Waals surface area contributed by atoms with Crippen molar-refractivity contribution < 1.29 is 665 Å². The van der Waals surface area contributed by atoms with E-state index in [1.807, 2.05) is 46.2 Å². The Kier molecular flexibility index (Phi) is 94.7. The number of unbranched alkanes of at least 4 members (excludes halogenated alkanes) is 9. The van der Waals surface area contributed by atoms with E-state index in [9.17, 15) is 59.4 Å². The fraction of sp³-hybridized carbons (Fsp3) is 0.348. The zero-order valence-electron chi connectivity index (χ0n) is 76.8. The number of aromatic amines is 2. The number of aromatic nitrogens is 5. The summed E-state index contributed by atoms with van der Waals surface area (Å²) >= 11 is 0. The Labute approximate surface area is 1220 Å². The topological polar surface area (TPSA) is 409 Å². The zero-order chi connectivity index (χ0) is 84.5. The second kappa shape index (κ2) is 81.1.